The predicted octanol–water partition coefficient (Wildman–Crippen LogP) is 4.12. The van der Waals surface area contributed by atoms with E-state index in [9.17, 15) is 0 Å². The van der Waals surface area contributed by atoms with Crippen molar-refractivity contribution < 1.29 is 0 Å². The van der Waals surface area contributed by atoms with Crippen LogP contribution in [0.3, 0.4) is 0 Å². The first-order valence-electron chi connectivity index (χ1n) is 5.35. The van der Waals surface area contributed by atoms with Crippen LogP contribution >= 0.6 is 11.8 Å². The molecule has 2 heteroatoms. The van der Waals surface area contributed by atoms with Gasteiger partial charge in [-0.2, -0.15) is 11.8 Å². The van der Waals surface area contributed by atoms with Crippen molar-refractivity contribution in [2.45, 2.75) is 31.8 Å². The van der Waals surface area contributed by atoms with Gasteiger partial charge in [0.25, 0.3) is 0 Å². The molecule has 80 valence electrons. The maximum atomic E-state index is 3.47. The van der Waals surface area contributed by atoms with E-state index in [1.165, 1.54) is 22.2 Å². The van der Waals surface area contributed by atoms with E-state index in [-0.39, 0.29) is 0 Å². The molecule has 0 aliphatic rings. The van der Waals surface area contributed by atoms with Gasteiger partial charge in [0.05, 0.1) is 0 Å². The molecule has 0 radical (unpaired) electrons. The van der Waals surface area contributed by atoms with E-state index in [0.29, 0.717) is 5.25 Å². The van der Waals surface area contributed by atoms with Gasteiger partial charge >= 0.3 is 0 Å². The van der Waals surface area contributed by atoms with Crippen molar-refractivity contribution in [2.75, 3.05) is 0 Å². The molecule has 0 unspecified atom stereocenters. The second kappa shape index (κ2) is 4.31. The molecule has 0 amide bonds. The van der Waals surface area contributed by atoms with Gasteiger partial charge in [-0.3, -0.25) is 0 Å². The van der Waals surface area contributed by atoms with E-state index in [2.05, 4.69) is 50.0 Å². The minimum absolute atomic E-state index is 0.693. The highest BCUT2D eigenvalue weighted by molar-refractivity contribution is 7.99. The summed E-state index contributed by atoms with van der Waals surface area (Å²) >= 11 is 1.97. The van der Waals surface area contributed by atoms with E-state index in [4.69, 9.17) is 0 Å². The fourth-order valence-electron chi connectivity index (χ4n) is 1.64. The van der Waals surface area contributed by atoms with Crippen LogP contribution in [0.4, 0.5) is 0 Å². The zero-order valence-corrected chi connectivity index (χ0v) is 10.3. The molecule has 15 heavy (non-hydrogen) atoms. The third-order valence-electron chi connectivity index (χ3n) is 2.41. The van der Waals surface area contributed by atoms with Gasteiger partial charge < -0.3 is 4.98 Å². The number of H-pyrrole nitrogens is 1. The van der Waals surface area contributed by atoms with E-state index >= 15 is 0 Å². The van der Waals surface area contributed by atoms with Gasteiger partial charge in [0.15, 0.2) is 0 Å². The molecule has 2 aromatic rings. The molecule has 0 spiro atoms. The lowest BCUT2D eigenvalue weighted by Crippen LogP contribution is -1.88. The van der Waals surface area contributed by atoms with Crippen LogP contribution in [0.5, 0.6) is 0 Å². The Labute approximate surface area is 95.3 Å². The van der Waals surface area contributed by atoms with E-state index in [0.717, 1.165) is 5.75 Å². The molecule has 1 N–H and O–H groups in total. The van der Waals surface area contributed by atoms with Gasteiger partial charge in [-0.1, -0.05) is 26.0 Å². The SMILES string of the molecule is Cc1ccc2cc(CSC(C)C)[nH]c2c1. The highest BCUT2D eigenvalue weighted by atomic mass is 32.2. The third-order valence-corrected chi connectivity index (χ3v) is 3.55. The molecule has 1 heterocycles. The topological polar surface area (TPSA) is 15.8 Å². The van der Waals surface area contributed by atoms with Crippen LogP contribution in [0.2, 0.25) is 0 Å². The van der Waals surface area contributed by atoms with Gasteiger partial charge in [0.1, 0.15) is 0 Å². The number of rotatable bonds is 3. The lowest BCUT2D eigenvalue weighted by Gasteiger charge is -2.01. The van der Waals surface area contributed by atoms with Crippen molar-refractivity contribution in [3.8, 4) is 0 Å². The fourth-order valence-corrected chi connectivity index (χ4v) is 2.30. The summed E-state index contributed by atoms with van der Waals surface area (Å²) in [6, 6.07) is 8.81. The summed E-state index contributed by atoms with van der Waals surface area (Å²) in [5.41, 5.74) is 3.90. The molecular weight excluding hydrogens is 202 g/mol. The van der Waals surface area contributed by atoms with E-state index < -0.39 is 0 Å². The largest absolute Gasteiger partial charge is 0.358 e. The summed E-state index contributed by atoms with van der Waals surface area (Å²) in [7, 11) is 0. The Bertz CT molecular complexity index is 457. The number of nitrogens with one attached hydrogen (secondary N) is 1. The number of benzene rings is 1. The Morgan fingerprint density at radius 3 is 2.80 bits per heavy atom. The molecule has 0 fully saturated rings. The summed E-state index contributed by atoms with van der Waals surface area (Å²) in [4.78, 5) is 3.47. The number of aryl methyl sites for hydroxylation is 1. The smallest absolute Gasteiger partial charge is 0.0458 e. The normalized spacial score (nSPS) is 11.5. The van der Waals surface area contributed by atoms with Gasteiger partial charge in [-0.15, -0.1) is 0 Å². The first-order chi connectivity index (χ1) is 7.15. The average Bonchev–Trinajstić information content (AvgIpc) is 2.56. The number of hydrogen-bond acceptors (Lipinski definition) is 1. The molecule has 1 aromatic carbocycles. The maximum absolute atomic E-state index is 3.47. The van der Waals surface area contributed by atoms with Crippen LogP contribution in [0, 0.1) is 6.92 Å². The van der Waals surface area contributed by atoms with E-state index in [1.807, 2.05) is 11.8 Å². The van der Waals surface area contributed by atoms with Crippen molar-refractivity contribution in [3.05, 3.63) is 35.5 Å². The van der Waals surface area contributed by atoms with E-state index in [1.54, 1.807) is 0 Å². The average molecular weight is 219 g/mol. The molecule has 0 saturated carbocycles. The van der Waals surface area contributed by atoms with Crippen molar-refractivity contribution in [2.24, 2.45) is 0 Å². The second-order valence-electron chi connectivity index (χ2n) is 4.25. The van der Waals surface area contributed by atoms with Crippen LogP contribution in [-0.4, -0.2) is 10.2 Å². The van der Waals surface area contributed by atoms with Crippen molar-refractivity contribution in [1.29, 1.82) is 0 Å². The van der Waals surface area contributed by atoms with Crippen LogP contribution < -0.4 is 0 Å². The highest BCUT2D eigenvalue weighted by Gasteiger charge is 2.02. The Morgan fingerprint density at radius 2 is 2.07 bits per heavy atom. The minimum Gasteiger partial charge on any atom is -0.358 e. The van der Waals surface area contributed by atoms with Crippen molar-refractivity contribution in [3.63, 3.8) is 0 Å². The number of fused-ring (bicyclic) bond motifs is 1. The number of aromatic nitrogens is 1. The Morgan fingerprint density at radius 1 is 1.27 bits per heavy atom. The molecule has 0 aliphatic carbocycles. The van der Waals surface area contributed by atoms with Gasteiger partial charge in [-0.25, -0.2) is 0 Å². The van der Waals surface area contributed by atoms with Gasteiger partial charge in [-0.05, 0) is 35.3 Å². The Balaban J connectivity index is 2.23. The van der Waals surface area contributed by atoms with Crippen LogP contribution in [0.25, 0.3) is 10.9 Å². The third kappa shape index (κ3) is 2.57. The fraction of sp³-hybridized carbons (Fsp3) is 0.385. The molecule has 1 aromatic heterocycles. The monoisotopic (exact) mass is 219 g/mol. The zero-order chi connectivity index (χ0) is 10.8. The summed E-state index contributed by atoms with van der Waals surface area (Å²) in [5, 5.41) is 2.01. The molecule has 0 bridgehead atoms. The predicted molar refractivity (Wildman–Crippen MR) is 69.5 cm³/mol. The Hall–Kier alpha value is -0.890. The number of thioether (sulfide) groups is 1. The van der Waals surface area contributed by atoms with Gasteiger partial charge in [0.2, 0.25) is 0 Å². The Kier molecular flexibility index (Phi) is 3.06. The second-order valence-corrected chi connectivity index (χ2v) is 5.81. The summed E-state index contributed by atoms with van der Waals surface area (Å²) in [6.07, 6.45) is 0. The zero-order valence-electron chi connectivity index (χ0n) is 9.50. The standard InChI is InChI=1S/C13H17NS/c1-9(2)15-8-12-7-11-5-4-10(3)6-13(11)14-12/h4-7,9,14H,8H2,1-3H3. The minimum atomic E-state index is 0.693. The summed E-state index contributed by atoms with van der Waals surface area (Å²) in [5.74, 6) is 1.07. The first-order valence-corrected chi connectivity index (χ1v) is 6.40. The van der Waals surface area contributed by atoms with Crippen molar-refractivity contribution >= 4 is 22.7 Å². The lowest BCUT2D eigenvalue weighted by molar-refractivity contribution is 1.10. The summed E-state index contributed by atoms with van der Waals surface area (Å²) < 4.78 is 0. The van der Waals surface area contributed by atoms with Crippen LogP contribution in [-0.2, 0) is 5.75 Å². The summed E-state index contributed by atoms with van der Waals surface area (Å²) in [6.45, 7) is 6.59. The van der Waals surface area contributed by atoms with Crippen LogP contribution in [0.1, 0.15) is 25.1 Å². The molecular formula is C13H17NS. The van der Waals surface area contributed by atoms with Crippen LogP contribution in [0.15, 0.2) is 24.3 Å². The highest BCUT2D eigenvalue weighted by Crippen LogP contribution is 2.21. The molecule has 2 rings (SSSR count). The lowest BCUT2D eigenvalue weighted by atomic mass is 10.2. The first kappa shape index (κ1) is 10.6. The maximum Gasteiger partial charge on any atom is 0.0458 e. The van der Waals surface area contributed by atoms with Crippen molar-refractivity contribution in [1.82, 2.24) is 4.98 Å². The molecule has 0 atom stereocenters. The molecule has 0 aliphatic heterocycles. The number of aromatic amines is 1. The quantitative estimate of drug-likeness (QED) is 0.821. The molecule has 1 nitrogen and oxygen atoms in total. The van der Waals surface area contributed by atoms with Gasteiger partial charge in [0, 0.05) is 17.0 Å². The number of hydrogen-bond donors (Lipinski definition) is 1. The molecule has 0 saturated heterocycles.